The van der Waals surface area contributed by atoms with E-state index in [2.05, 4.69) is 38.5 Å². The summed E-state index contributed by atoms with van der Waals surface area (Å²) in [5, 5.41) is 8.14. The minimum atomic E-state index is -0.284. The Morgan fingerprint density at radius 3 is 2.94 bits per heavy atom. The lowest BCUT2D eigenvalue weighted by Crippen LogP contribution is -2.39. The predicted octanol–water partition coefficient (Wildman–Crippen LogP) is 1.30. The fourth-order valence-electron chi connectivity index (χ4n) is 1.63. The molecule has 5 nitrogen and oxygen atoms in total. The number of hydrogen-bond donors (Lipinski definition) is 3. The van der Waals surface area contributed by atoms with Crippen molar-refractivity contribution < 1.29 is 9.59 Å². The molecule has 17 heavy (non-hydrogen) atoms. The molecule has 0 unspecified atom stereocenters. The lowest BCUT2D eigenvalue weighted by molar-refractivity contribution is -0.119. The van der Waals surface area contributed by atoms with Gasteiger partial charge in [0.05, 0.1) is 6.04 Å². The summed E-state index contributed by atoms with van der Waals surface area (Å²) < 4.78 is 1.05. The molecule has 6 heteroatoms. The Kier molecular flexibility index (Phi) is 3.82. The summed E-state index contributed by atoms with van der Waals surface area (Å²) in [5.41, 5.74) is 0.742. The Bertz CT molecular complexity index is 450. The largest absolute Gasteiger partial charge is 0.354 e. The lowest BCUT2D eigenvalue weighted by Gasteiger charge is -2.11. The lowest BCUT2D eigenvalue weighted by atomic mass is 10.2. The summed E-state index contributed by atoms with van der Waals surface area (Å²) in [6.45, 7) is 0.499. The van der Waals surface area contributed by atoms with E-state index in [1.807, 2.05) is 24.3 Å². The maximum Gasteiger partial charge on any atom is 0.319 e. The molecular formula is C11H12IN3O2. The Morgan fingerprint density at radius 1 is 1.47 bits per heavy atom. The van der Waals surface area contributed by atoms with Crippen molar-refractivity contribution in [1.82, 2.24) is 10.6 Å². The normalized spacial score (nSPS) is 18.6. The van der Waals surface area contributed by atoms with Gasteiger partial charge in [-0.1, -0.05) is 6.07 Å². The van der Waals surface area contributed by atoms with E-state index in [0.29, 0.717) is 13.0 Å². The van der Waals surface area contributed by atoms with Crippen molar-refractivity contribution in [3.8, 4) is 0 Å². The highest BCUT2D eigenvalue weighted by Gasteiger charge is 2.22. The van der Waals surface area contributed by atoms with Crippen LogP contribution in [0, 0.1) is 3.57 Å². The van der Waals surface area contributed by atoms with Crippen molar-refractivity contribution in [2.24, 2.45) is 0 Å². The average molecular weight is 345 g/mol. The van der Waals surface area contributed by atoms with Crippen molar-refractivity contribution in [1.29, 1.82) is 0 Å². The van der Waals surface area contributed by atoms with Gasteiger partial charge in [0, 0.05) is 22.2 Å². The first-order valence-corrected chi connectivity index (χ1v) is 6.31. The van der Waals surface area contributed by atoms with E-state index in [1.165, 1.54) is 0 Å². The van der Waals surface area contributed by atoms with Crippen LogP contribution in [-0.4, -0.2) is 24.5 Å². The van der Waals surface area contributed by atoms with E-state index < -0.39 is 0 Å². The molecular weight excluding hydrogens is 333 g/mol. The van der Waals surface area contributed by atoms with Gasteiger partial charge in [0.25, 0.3) is 0 Å². The zero-order chi connectivity index (χ0) is 12.3. The van der Waals surface area contributed by atoms with E-state index in [9.17, 15) is 9.59 Å². The highest BCUT2D eigenvalue weighted by molar-refractivity contribution is 14.1. The van der Waals surface area contributed by atoms with E-state index in [0.717, 1.165) is 9.26 Å². The van der Waals surface area contributed by atoms with Crippen LogP contribution < -0.4 is 16.0 Å². The summed E-state index contributed by atoms with van der Waals surface area (Å²) in [7, 11) is 0. The number of rotatable bonds is 2. The molecule has 1 aromatic rings. The topological polar surface area (TPSA) is 70.2 Å². The molecule has 90 valence electrons. The molecule has 1 atom stereocenters. The fraction of sp³-hybridized carbons (Fsp3) is 0.273. The molecule has 3 amide bonds. The number of nitrogens with one attached hydrogen (secondary N) is 3. The smallest absolute Gasteiger partial charge is 0.319 e. The van der Waals surface area contributed by atoms with Crippen LogP contribution in [0.1, 0.15) is 6.42 Å². The third kappa shape index (κ3) is 3.58. The summed E-state index contributed by atoms with van der Waals surface area (Å²) in [5.74, 6) is -0.0236. The quantitative estimate of drug-likeness (QED) is 0.708. The van der Waals surface area contributed by atoms with Crippen LogP contribution >= 0.6 is 22.6 Å². The molecule has 0 aliphatic carbocycles. The standard InChI is InChI=1S/C11H12IN3O2/c12-7-2-1-3-8(4-7)14-11(17)15-9-5-10(16)13-6-9/h1-4,9H,5-6H2,(H,13,16)(H2,14,15,17)/t9-/m1/s1. The van der Waals surface area contributed by atoms with E-state index in [4.69, 9.17) is 0 Å². The number of amides is 3. The number of benzene rings is 1. The van der Waals surface area contributed by atoms with Crippen molar-refractivity contribution in [3.63, 3.8) is 0 Å². The molecule has 1 aliphatic heterocycles. The molecule has 0 spiro atoms. The monoisotopic (exact) mass is 345 g/mol. The zero-order valence-electron chi connectivity index (χ0n) is 9.00. The van der Waals surface area contributed by atoms with Gasteiger partial charge in [0.2, 0.25) is 5.91 Å². The van der Waals surface area contributed by atoms with Crippen molar-refractivity contribution in [3.05, 3.63) is 27.8 Å². The molecule has 0 bridgehead atoms. The second-order valence-electron chi connectivity index (χ2n) is 3.81. The molecule has 3 N–H and O–H groups in total. The van der Waals surface area contributed by atoms with Gasteiger partial charge in [-0.2, -0.15) is 0 Å². The van der Waals surface area contributed by atoms with Crippen LogP contribution in [0.15, 0.2) is 24.3 Å². The first kappa shape index (κ1) is 12.2. The minimum Gasteiger partial charge on any atom is -0.354 e. The summed E-state index contributed by atoms with van der Waals surface area (Å²) in [6.07, 6.45) is 0.347. The Morgan fingerprint density at radius 2 is 2.29 bits per heavy atom. The van der Waals surface area contributed by atoms with Crippen molar-refractivity contribution >= 4 is 40.2 Å². The predicted molar refractivity (Wildman–Crippen MR) is 72.7 cm³/mol. The number of anilines is 1. The fourth-order valence-corrected chi connectivity index (χ4v) is 2.17. The Balaban J connectivity index is 1.87. The van der Waals surface area contributed by atoms with E-state index in [1.54, 1.807) is 0 Å². The van der Waals surface area contributed by atoms with Crippen molar-refractivity contribution in [2.45, 2.75) is 12.5 Å². The molecule has 0 radical (unpaired) electrons. The maximum atomic E-state index is 11.6. The average Bonchev–Trinajstić information content (AvgIpc) is 2.63. The van der Waals surface area contributed by atoms with Gasteiger partial charge in [-0.25, -0.2) is 4.79 Å². The Hall–Kier alpha value is -1.31. The molecule has 1 heterocycles. The Labute approximate surface area is 112 Å². The highest BCUT2D eigenvalue weighted by Crippen LogP contribution is 2.12. The third-order valence-corrected chi connectivity index (χ3v) is 3.07. The molecule has 1 aliphatic rings. The van der Waals surface area contributed by atoms with Crippen LogP contribution in [-0.2, 0) is 4.79 Å². The van der Waals surface area contributed by atoms with Gasteiger partial charge >= 0.3 is 6.03 Å². The molecule has 1 saturated heterocycles. The number of halogens is 1. The maximum absolute atomic E-state index is 11.6. The second-order valence-corrected chi connectivity index (χ2v) is 5.06. The number of hydrogen-bond acceptors (Lipinski definition) is 2. The number of carbonyl (C=O) groups excluding carboxylic acids is 2. The van der Waals surface area contributed by atoms with E-state index >= 15 is 0 Å². The first-order chi connectivity index (χ1) is 8.13. The molecule has 0 saturated carbocycles. The summed E-state index contributed by atoms with van der Waals surface area (Å²) >= 11 is 2.18. The van der Waals surface area contributed by atoms with Gasteiger partial charge in [0.15, 0.2) is 0 Å². The van der Waals surface area contributed by atoms with Crippen LogP contribution in [0.2, 0.25) is 0 Å². The van der Waals surface area contributed by atoms with Gasteiger partial charge in [-0.05, 0) is 40.8 Å². The zero-order valence-corrected chi connectivity index (χ0v) is 11.2. The van der Waals surface area contributed by atoms with Crippen LogP contribution in [0.4, 0.5) is 10.5 Å². The van der Waals surface area contributed by atoms with Gasteiger partial charge in [-0.3, -0.25) is 4.79 Å². The van der Waals surface area contributed by atoms with Crippen LogP contribution in [0.25, 0.3) is 0 Å². The molecule has 1 aromatic carbocycles. The van der Waals surface area contributed by atoms with E-state index in [-0.39, 0.29) is 18.0 Å². The third-order valence-electron chi connectivity index (χ3n) is 2.40. The van der Waals surface area contributed by atoms with Gasteiger partial charge in [-0.15, -0.1) is 0 Å². The van der Waals surface area contributed by atoms with Gasteiger partial charge < -0.3 is 16.0 Å². The highest BCUT2D eigenvalue weighted by atomic mass is 127. The second kappa shape index (κ2) is 5.35. The first-order valence-electron chi connectivity index (χ1n) is 5.23. The number of urea groups is 1. The summed E-state index contributed by atoms with van der Waals surface area (Å²) in [6, 6.07) is 7.11. The van der Waals surface area contributed by atoms with Crippen molar-refractivity contribution in [2.75, 3.05) is 11.9 Å². The SMILES string of the molecule is O=C1C[C@@H](NC(=O)Nc2cccc(I)c2)CN1. The number of carbonyl (C=O) groups is 2. The molecule has 0 aromatic heterocycles. The van der Waals surface area contributed by atoms with Gasteiger partial charge in [0.1, 0.15) is 0 Å². The minimum absolute atomic E-state index is 0.0236. The summed E-state index contributed by atoms with van der Waals surface area (Å²) in [4.78, 5) is 22.6. The molecule has 1 fully saturated rings. The van der Waals surface area contributed by atoms with Crippen LogP contribution in [0.5, 0.6) is 0 Å². The molecule has 2 rings (SSSR count). The van der Waals surface area contributed by atoms with Crippen LogP contribution in [0.3, 0.4) is 0 Å².